The van der Waals surface area contributed by atoms with E-state index < -0.39 is 0 Å². The first-order chi connectivity index (χ1) is 7.66. The first-order valence-electron chi connectivity index (χ1n) is 5.56. The molecule has 1 fully saturated rings. The monoisotopic (exact) mass is 347 g/mol. The zero-order valence-electron chi connectivity index (χ0n) is 9.05. The summed E-state index contributed by atoms with van der Waals surface area (Å²) in [6.45, 7) is 3.12. The maximum atomic E-state index is 9.96. The van der Waals surface area contributed by atoms with Gasteiger partial charge in [-0.2, -0.15) is 0 Å². The Labute approximate surface area is 113 Å². The van der Waals surface area contributed by atoms with Gasteiger partial charge in [-0.1, -0.05) is 22.4 Å². The predicted octanol–water partition coefficient (Wildman–Crippen LogP) is 3.90. The summed E-state index contributed by atoms with van der Waals surface area (Å²) in [5, 5.41) is 9.96. The van der Waals surface area contributed by atoms with E-state index in [1.54, 1.807) is 0 Å². The number of halogens is 2. The number of phenolic OH excluding ortho intramolecular Hbond substituents is 1. The number of piperidine rings is 1. The van der Waals surface area contributed by atoms with Crippen LogP contribution in [0.3, 0.4) is 0 Å². The number of hydrogen-bond acceptors (Lipinski definition) is 2. The lowest BCUT2D eigenvalue weighted by molar-refractivity contribution is 0.218. The Kier molecular flexibility index (Phi) is 4.27. The minimum Gasteiger partial charge on any atom is -0.506 e. The van der Waals surface area contributed by atoms with Crippen molar-refractivity contribution in [3.05, 3.63) is 26.6 Å². The lowest BCUT2D eigenvalue weighted by Gasteiger charge is -2.26. The van der Waals surface area contributed by atoms with Gasteiger partial charge in [0.25, 0.3) is 0 Å². The summed E-state index contributed by atoms with van der Waals surface area (Å²) in [7, 11) is 0. The maximum absolute atomic E-state index is 9.96. The number of rotatable bonds is 2. The van der Waals surface area contributed by atoms with Crippen LogP contribution in [0.1, 0.15) is 24.8 Å². The van der Waals surface area contributed by atoms with Crippen molar-refractivity contribution in [3.8, 4) is 5.75 Å². The van der Waals surface area contributed by atoms with E-state index in [0.29, 0.717) is 5.75 Å². The molecular weight excluding hydrogens is 334 g/mol. The molecule has 1 N–H and O–H groups in total. The lowest BCUT2D eigenvalue weighted by Crippen LogP contribution is -2.29. The van der Waals surface area contributed by atoms with Crippen LogP contribution in [-0.2, 0) is 6.54 Å². The Morgan fingerprint density at radius 1 is 1.12 bits per heavy atom. The van der Waals surface area contributed by atoms with Crippen LogP contribution in [0.5, 0.6) is 5.75 Å². The van der Waals surface area contributed by atoms with E-state index in [0.717, 1.165) is 34.1 Å². The summed E-state index contributed by atoms with van der Waals surface area (Å²) in [6.07, 6.45) is 3.89. The van der Waals surface area contributed by atoms with Gasteiger partial charge in [-0.05, 0) is 54.0 Å². The molecule has 0 unspecified atom stereocenters. The van der Waals surface area contributed by atoms with Gasteiger partial charge in [0.05, 0.1) is 4.47 Å². The number of hydrogen-bond donors (Lipinski definition) is 1. The van der Waals surface area contributed by atoms with Gasteiger partial charge < -0.3 is 5.11 Å². The fourth-order valence-electron chi connectivity index (χ4n) is 2.10. The van der Waals surface area contributed by atoms with Gasteiger partial charge in [0.15, 0.2) is 0 Å². The molecule has 0 spiro atoms. The van der Waals surface area contributed by atoms with E-state index in [-0.39, 0.29) is 0 Å². The van der Waals surface area contributed by atoms with Crippen LogP contribution in [0.2, 0.25) is 0 Å². The van der Waals surface area contributed by atoms with Crippen LogP contribution in [0.4, 0.5) is 0 Å². The maximum Gasteiger partial charge on any atom is 0.134 e. The highest BCUT2D eigenvalue weighted by atomic mass is 79.9. The molecular formula is C12H15Br2NO. The predicted molar refractivity (Wildman–Crippen MR) is 72.6 cm³/mol. The molecule has 0 bridgehead atoms. The second-order valence-electron chi connectivity index (χ2n) is 4.23. The largest absolute Gasteiger partial charge is 0.506 e. The van der Waals surface area contributed by atoms with E-state index in [1.165, 1.54) is 19.3 Å². The molecule has 1 aliphatic rings. The standard InChI is InChI=1S/C12H15Br2NO/c13-10-6-9(12(16)11(14)7-10)8-15-4-2-1-3-5-15/h6-7,16H,1-5,8H2. The zero-order valence-corrected chi connectivity index (χ0v) is 12.2. The second kappa shape index (κ2) is 5.52. The quantitative estimate of drug-likeness (QED) is 0.876. The Morgan fingerprint density at radius 2 is 1.81 bits per heavy atom. The van der Waals surface area contributed by atoms with E-state index in [4.69, 9.17) is 0 Å². The third kappa shape index (κ3) is 2.99. The molecule has 16 heavy (non-hydrogen) atoms. The normalized spacial score (nSPS) is 17.6. The van der Waals surface area contributed by atoms with Crippen LogP contribution < -0.4 is 0 Å². The molecule has 1 aromatic rings. The highest BCUT2D eigenvalue weighted by Crippen LogP contribution is 2.32. The van der Waals surface area contributed by atoms with E-state index in [9.17, 15) is 5.11 Å². The third-order valence-electron chi connectivity index (χ3n) is 2.95. The molecule has 0 aromatic heterocycles. The van der Waals surface area contributed by atoms with Gasteiger partial charge in [0.1, 0.15) is 5.75 Å². The highest BCUT2D eigenvalue weighted by Gasteiger charge is 2.14. The molecule has 2 rings (SSSR count). The summed E-state index contributed by atoms with van der Waals surface area (Å²) in [5.74, 6) is 0.369. The highest BCUT2D eigenvalue weighted by molar-refractivity contribution is 9.11. The third-order valence-corrected chi connectivity index (χ3v) is 4.01. The zero-order chi connectivity index (χ0) is 11.5. The Hall–Kier alpha value is -0.0600. The van der Waals surface area contributed by atoms with Gasteiger partial charge in [0, 0.05) is 16.6 Å². The van der Waals surface area contributed by atoms with Crippen molar-refractivity contribution < 1.29 is 5.11 Å². The molecule has 1 aromatic carbocycles. The van der Waals surface area contributed by atoms with Crippen LogP contribution in [0.25, 0.3) is 0 Å². The molecule has 1 aliphatic heterocycles. The van der Waals surface area contributed by atoms with Crippen molar-refractivity contribution in [2.45, 2.75) is 25.8 Å². The van der Waals surface area contributed by atoms with Crippen molar-refractivity contribution in [3.63, 3.8) is 0 Å². The van der Waals surface area contributed by atoms with Gasteiger partial charge >= 0.3 is 0 Å². The molecule has 88 valence electrons. The summed E-state index contributed by atoms with van der Waals surface area (Å²) < 4.78 is 1.76. The molecule has 0 radical (unpaired) electrons. The smallest absolute Gasteiger partial charge is 0.134 e. The number of aromatic hydroxyl groups is 1. The van der Waals surface area contributed by atoms with Crippen molar-refractivity contribution in [1.29, 1.82) is 0 Å². The molecule has 1 saturated heterocycles. The van der Waals surface area contributed by atoms with Crippen molar-refractivity contribution >= 4 is 31.9 Å². The molecule has 1 heterocycles. The minimum atomic E-state index is 0.369. The molecule has 4 heteroatoms. The van der Waals surface area contributed by atoms with Crippen LogP contribution >= 0.6 is 31.9 Å². The Morgan fingerprint density at radius 3 is 2.50 bits per heavy atom. The van der Waals surface area contributed by atoms with Gasteiger partial charge in [-0.3, -0.25) is 4.90 Å². The summed E-state index contributed by atoms with van der Waals surface area (Å²) >= 11 is 6.82. The van der Waals surface area contributed by atoms with Crippen molar-refractivity contribution in [1.82, 2.24) is 4.90 Å². The van der Waals surface area contributed by atoms with Crippen molar-refractivity contribution in [2.75, 3.05) is 13.1 Å². The van der Waals surface area contributed by atoms with E-state index >= 15 is 0 Å². The summed E-state index contributed by atoms with van der Waals surface area (Å²) in [5.41, 5.74) is 0.989. The van der Waals surface area contributed by atoms with Gasteiger partial charge in [-0.25, -0.2) is 0 Å². The fraction of sp³-hybridized carbons (Fsp3) is 0.500. The molecule has 0 saturated carbocycles. The Balaban J connectivity index is 2.13. The second-order valence-corrected chi connectivity index (χ2v) is 6.00. The average molecular weight is 349 g/mol. The van der Waals surface area contributed by atoms with E-state index in [2.05, 4.69) is 36.8 Å². The fourth-order valence-corrected chi connectivity index (χ4v) is 3.41. The van der Waals surface area contributed by atoms with Crippen LogP contribution in [-0.4, -0.2) is 23.1 Å². The van der Waals surface area contributed by atoms with Gasteiger partial charge in [-0.15, -0.1) is 0 Å². The van der Waals surface area contributed by atoms with E-state index in [1.807, 2.05) is 12.1 Å². The van der Waals surface area contributed by atoms with Crippen molar-refractivity contribution in [2.24, 2.45) is 0 Å². The molecule has 0 aliphatic carbocycles. The Bertz CT molecular complexity index is 376. The number of phenols is 1. The number of benzene rings is 1. The SMILES string of the molecule is Oc1c(Br)cc(Br)cc1CN1CCCCC1. The first-order valence-corrected chi connectivity index (χ1v) is 7.14. The molecule has 0 amide bonds. The topological polar surface area (TPSA) is 23.5 Å². The molecule has 2 nitrogen and oxygen atoms in total. The first kappa shape index (κ1) is 12.4. The summed E-state index contributed by atoms with van der Waals surface area (Å²) in [6, 6.07) is 3.86. The lowest BCUT2D eigenvalue weighted by atomic mass is 10.1. The number of nitrogens with zero attached hydrogens (tertiary/aromatic N) is 1. The van der Waals surface area contributed by atoms with Gasteiger partial charge in [0.2, 0.25) is 0 Å². The minimum absolute atomic E-state index is 0.369. The van der Waals surface area contributed by atoms with Crippen LogP contribution in [0.15, 0.2) is 21.1 Å². The average Bonchev–Trinajstić information content (AvgIpc) is 2.27. The van der Waals surface area contributed by atoms with Crippen LogP contribution in [0, 0.1) is 0 Å². The molecule has 0 atom stereocenters. The summed E-state index contributed by atoms with van der Waals surface area (Å²) in [4.78, 5) is 2.40. The number of likely N-dealkylation sites (tertiary alicyclic amines) is 1.